The highest BCUT2D eigenvalue weighted by molar-refractivity contribution is 5.97. The molecule has 0 bridgehead atoms. The van der Waals surface area contributed by atoms with Gasteiger partial charge in [-0.15, -0.1) is 0 Å². The van der Waals surface area contributed by atoms with Gasteiger partial charge in [0.15, 0.2) is 0 Å². The third kappa shape index (κ3) is 3.01. The van der Waals surface area contributed by atoms with Crippen molar-refractivity contribution in [3.05, 3.63) is 108 Å². The molecule has 6 rings (SSSR count). The summed E-state index contributed by atoms with van der Waals surface area (Å²) in [7, 11) is 0. The summed E-state index contributed by atoms with van der Waals surface area (Å²) < 4.78 is 0. The molecule has 0 fully saturated rings. The molecule has 0 spiro atoms. The monoisotopic (exact) mass is 426 g/mol. The second kappa shape index (κ2) is 7.11. The highest BCUT2D eigenvalue weighted by atomic mass is 14.8. The largest absolute Gasteiger partial charge is 0.255 e. The van der Waals surface area contributed by atoms with Crippen molar-refractivity contribution in [1.29, 1.82) is 0 Å². The summed E-state index contributed by atoms with van der Waals surface area (Å²) >= 11 is 0. The molecule has 0 saturated carbocycles. The van der Waals surface area contributed by atoms with Crippen molar-refractivity contribution in [3.8, 4) is 33.5 Å². The van der Waals surface area contributed by atoms with Crippen LogP contribution in [-0.2, 0) is 5.41 Å². The van der Waals surface area contributed by atoms with E-state index < -0.39 is 0 Å². The normalized spacial score (nSPS) is 13.7. The number of hydrogen-bond donors (Lipinski definition) is 0. The minimum Gasteiger partial charge on any atom is -0.255 e. The van der Waals surface area contributed by atoms with Gasteiger partial charge >= 0.3 is 0 Å². The number of nitrogens with zero attached hydrogens (tertiary/aromatic N) is 2. The maximum Gasteiger partial charge on any atom is 0.0914 e. The van der Waals surface area contributed by atoms with Gasteiger partial charge in [0.1, 0.15) is 0 Å². The van der Waals surface area contributed by atoms with E-state index in [2.05, 4.69) is 97.7 Å². The molecule has 2 nitrogen and oxygen atoms in total. The lowest BCUT2D eigenvalue weighted by Gasteiger charge is -2.23. The Hall–Kier alpha value is -3.78. The number of benzene rings is 4. The molecule has 0 radical (unpaired) electrons. The molecule has 0 N–H and O–H groups in total. The van der Waals surface area contributed by atoms with E-state index in [0.29, 0.717) is 0 Å². The summed E-state index contributed by atoms with van der Waals surface area (Å²) in [6.45, 7) is 8.70. The SMILES string of the molecule is Cc1cnc(-c2ccc3c(c2)C(C)(C)c2cc(-c4cccc5ccccc45)ccc2-3)c(C)n1. The lowest BCUT2D eigenvalue weighted by atomic mass is 9.81. The van der Waals surface area contributed by atoms with Crippen LogP contribution in [0.25, 0.3) is 44.3 Å². The van der Waals surface area contributed by atoms with Gasteiger partial charge in [-0.25, -0.2) is 0 Å². The number of aromatic nitrogens is 2. The summed E-state index contributed by atoms with van der Waals surface area (Å²) in [4.78, 5) is 9.32. The lowest BCUT2D eigenvalue weighted by molar-refractivity contribution is 0.661. The van der Waals surface area contributed by atoms with E-state index in [1.165, 1.54) is 44.2 Å². The van der Waals surface area contributed by atoms with E-state index in [1.807, 2.05) is 20.0 Å². The number of hydrogen-bond acceptors (Lipinski definition) is 2. The molecular weight excluding hydrogens is 400 g/mol. The molecule has 2 heteroatoms. The van der Waals surface area contributed by atoms with E-state index in [9.17, 15) is 0 Å². The molecule has 4 aromatic carbocycles. The van der Waals surface area contributed by atoms with Crippen LogP contribution >= 0.6 is 0 Å². The van der Waals surface area contributed by atoms with Gasteiger partial charge in [-0.05, 0) is 70.1 Å². The van der Waals surface area contributed by atoms with Crippen LogP contribution in [0.4, 0.5) is 0 Å². The van der Waals surface area contributed by atoms with E-state index >= 15 is 0 Å². The van der Waals surface area contributed by atoms with E-state index in [4.69, 9.17) is 4.98 Å². The Morgan fingerprint density at radius 3 is 2.09 bits per heavy atom. The Labute approximate surface area is 195 Å². The Morgan fingerprint density at radius 1 is 0.667 bits per heavy atom. The first-order chi connectivity index (χ1) is 15.9. The zero-order valence-corrected chi connectivity index (χ0v) is 19.5. The maximum absolute atomic E-state index is 4.69. The van der Waals surface area contributed by atoms with Crippen LogP contribution < -0.4 is 0 Å². The molecular formula is C31H26N2. The third-order valence-corrected chi connectivity index (χ3v) is 7.12. The fraction of sp³-hybridized carbons (Fsp3) is 0.161. The fourth-order valence-corrected chi connectivity index (χ4v) is 5.41. The molecule has 33 heavy (non-hydrogen) atoms. The minimum atomic E-state index is -0.0900. The topological polar surface area (TPSA) is 25.8 Å². The fourth-order valence-electron chi connectivity index (χ4n) is 5.41. The number of aryl methyl sites for hydroxylation is 2. The maximum atomic E-state index is 4.69. The van der Waals surface area contributed by atoms with Crippen LogP contribution in [0.5, 0.6) is 0 Å². The van der Waals surface area contributed by atoms with Gasteiger partial charge in [0.25, 0.3) is 0 Å². The van der Waals surface area contributed by atoms with Crippen LogP contribution in [-0.4, -0.2) is 9.97 Å². The van der Waals surface area contributed by atoms with Crippen LogP contribution in [0.3, 0.4) is 0 Å². The predicted octanol–water partition coefficient (Wildman–Crippen LogP) is 7.89. The predicted molar refractivity (Wildman–Crippen MR) is 137 cm³/mol. The molecule has 1 aliphatic carbocycles. The average Bonchev–Trinajstić information content (AvgIpc) is 3.05. The van der Waals surface area contributed by atoms with Crippen molar-refractivity contribution >= 4 is 10.8 Å². The Balaban J connectivity index is 1.49. The van der Waals surface area contributed by atoms with Crippen molar-refractivity contribution in [2.75, 3.05) is 0 Å². The van der Waals surface area contributed by atoms with Gasteiger partial charge in [0.2, 0.25) is 0 Å². The number of fused-ring (bicyclic) bond motifs is 4. The van der Waals surface area contributed by atoms with Crippen LogP contribution in [0.15, 0.2) is 85.1 Å². The smallest absolute Gasteiger partial charge is 0.0914 e. The zero-order chi connectivity index (χ0) is 22.7. The van der Waals surface area contributed by atoms with E-state index in [-0.39, 0.29) is 5.41 Å². The Morgan fingerprint density at radius 2 is 1.33 bits per heavy atom. The Kier molecular flexibility index (Phi) is 4.28. The molecule has 0 aliphatic heterocycles. The van der Waals surface area contributed by atoms with Crippen LogP contribution in [0.1, 0.15) is 36.4 Å². The summed E-state index contributed by atoms with van der Waals surface area (Å²) in [6, 6.07) is 28.9. The molecule has 5 aromatic rings. The van der Waals surface area contributed by atoms with Crippen LogP contribution in [0.2, 0.25) is 0 Å². The first-order valence-electron chi connectivity index (χ1n) is 11.5. The number of rotatable bonds is 2. The van der Waals surface area contributed by atoms with Gasteiger partial charge < -0.3 is 0 Å². The summed E-state index contributed by atoms with van der Waals surface area (Å²) in [5, 5.41) is 2.57. The first-order valence-corrected chi connectivity index (χ1v) is 11.5. The molecule has 0 atom stereocenters. The Bertz CT molecular complexity index is 1550. The standard InChI is InChI=1S/C31H26N2/c1-19-18-32-30(20(2)33-19)23-13-15-27-26-14-12-22(16-28(26)31(3,4)29(27)17-23)25-11-7-9-21-8-5-6-10-24(21)25/h5-18H,1-4H3. The molecule has 1 aromatic heterocycles. The highest BCUT2D eigenvalue weighted by Gasteiger charge is 2.36. The van der Waals surface area contributed by atoms with Gasteiger partial charge in [-0.1, -0.05) is 80.6 Å². The first kappa shape index (κ1) is 19.9. The van der Waals surface area contributed by atoms with Crippen molar-refractivity contribution in [2.24, 2.45) is 0 Å². The van der Waals surface area contributed by atoms with Gasteiger partial charge in [-0.2, -0.15) is 0 Å². The zero-order valence-electron chi connectivity index (χ0n) is 19.5. The second-order valence-electron chi connectivity index (χ2n) is 9.62. The third-order valence-electron chi connectivity index (χ3n) is 7.12. The van der Waals surface area contributed by atoms with Gasteiger partial charge in [0, 0.05) is 17.2 Å². The van der Waals surface area contributed by atoms with Crippen molar-refractivity contribution in [2.45, 2.75) is 33.1 Å². The second-order valence-corrected chi connectivity index (χ2v) is 9.62. The van der Waals surface area contributed by atoms with Crippen molar-refractivity contribution < 1.29 is 0 Å². The van der Waals surface area contributed by atoms with Crippen molar-refractivity contribution in [3.63, 3.8) is 0 Å². The molecule has 0 saturated heterocycles. The molecule has 0 unspecified atom stereocenters. The van der Waals surface area contributed by atoms with Gasteiger partial charge in [-0.3, -0.25) is 9.97 Å². The summed E-state index contributed by atoms with van der Waals surface area (Å²) in [6.07, 6.45) is 1.85. The van der Waals surface area contributed by atoms with Crippen LogP contribution in [0, 0.1) is 13.8 Å². The van der Waals surface area contributed by atoms with E-state index in [1.54, 1.807) is 0 Å². The molecule has 1 aliphatic rings. The van der Waals surface area contributed by atoms with E-state index in [0.717, 1.165) is 22.6 Å². The minimum absolute atomic E-state index is 0.0900. The molecule has 1 heterocycles. The summed E-state index contributed by atoms with van der Waals surface area (Å²) in [5.41, 5.74) is 11.9. The quantitative estimate of drug-likeness (QED) is 0.287. The molecule has 0 amide bonds. The van der Waals surface area contributed by atoms with Crippen molar-refractivity contribution in [1.82, 2.24) is 9.97 Å². The highest BCUT2D eigenvalue weighted by Crippen LogP contribution is 2.50. The van der Waals surface area contributed by atoms with Gasteiger partial charge in [0.05, 0.1) is 17.1 Å². The summed E-state index contributed by atoms with van der Waals surface area (Å²) in [5.74, 6) is 0. The average molecular weight is 427 g/mol. The molecule has 160 valence electrons. The lowest BCUT2D eigenvalue weighted by Crippen LogP contribution is -2.15.